The second-order valence-electron chi connectivity index (χ2n) is 8.28. The maximum Gasteiger partial charge on any atom is 0.380 e. The van der Waals surface area contributed by atoms with Crippen molar-refractivity contribution in [2.75, 3.05) is 6.26 Å². The number of fused-ring (bicyclic) bond motifs is 5. The zero-order chi connectivity index (χ0) is 17.8. The zero-order valence-corrected chi connectivity index (χ0v) is 16.6. The summed E-state index contributed by atoms with van der Waals surface area (Å²) in [5.74, 6) is 2.65. The zero-order valence-electron chi connectivity index (χ0n) is 15.0. The highest BCUT2D eigenvalue weighted by Crippen LogP contribution is 2.61. The summed E-state index contributed by atoms with van der Waals surface area (Å²) in [5.41, 5.74) is 3.23. The molecule has 3 unspecified atom stereocenters. The van der Waals surface area contributed by atoms with Gasteiger partial charge in [-0.25, -0.2) is 0 Å². The predicted octanol–water partition coefficient (Wildman–Crippen LogP) is 4.24. The van der Waals surface area contributed by atoms with E-state index in [4.69, 9.17) is 9.32 Å². The molecule has 1 aromatic carbocycles. The lowest BCUT2D eigenvalue weighted by molar-refractivity contribution is 0.0597. The summed E-state index contributed by atoms with van der Waals surface area (Å²) >= 11 is 1.52. The average Bonchev–Trinajstić information content (AvgIpc) is 2.94. The van der Waals surface area contributed by atoms with Crippen molar-refractivity contribution in [2.24, 2.45) is 22.4 Å². The number of hydrogen-bond acceptors (Lipinski definition) is 4. The molecule has 138 valence electrons. The van der Waals surface area contributed by atoms with Crippen LogP contribution in [-0.4, -0.2) is 14.7 Å². The van der Waals surface area contributed by atoms with E-state index < -0.39 is 10.3 Å². The molecule has 2 fully saturated rings. The molecule has 4 rings (SSSR count). The molecule has 2 N–H and O–H groups in total. The minimum atomic E-state index is -3.99. The van der Waals surface area contributed by atoms with Crippen molar-refractivity contribution >= 4 is 22.1 Å². The Morgan fingerprint density at radius 3 is 2.76 bits per heavy atom. The van der Waals surface area contributed by atoms with Crippen LogP contribution in [-0.2, 0) is 16.7 Å². The molecule has 0 aliphatic heterocycles. The normalized spacial score (nSPS) is 34.1. The summed E-state index contributed by atoms with van der Waals surface area (Å²) in [6.07, 6.45) is 10.9. The first-order valence-electron chi connectivity index (χ1n) is 9.24. The van der Waals surface area contributed by atoms with Crippen LogP contribution in [0.2, 0.25) is 0 Å². The summed E-state index contributed by atoms with van der Waals surface area (Å²) in [5, 5.41) is 5.09. The molecule has 6 heteroatoms. The molecule has 1 aromatic rings. The van der Waals surface area contributed by atoms with Crippen LogP contribution in [0.3, 0.4) is 0 Å². The highest BCUT2D eigenvalue weighted by atomic mass is 32.2. The standard InChI is InChI=1S/C19H27NO3S2/c1-19-8-3-4-16(19)14-6-5-12-10-17(23-25(20,21)22)18(24-2)11-15(12)13(14)7-9-19/h10-11,13-14,16H,3-9H2,1-2H3,(H2,20,21,22)/t13?,14?,16?,19-/m0/s1. The van der Waals surface area contributed by atoms with Crippen LogP contribution in [0, 0.1) is 17.3 Å². The molecular formula is C19H27NO3S2. The van der Waals surface area contributed by atoms with Crippen molar-refractivity contribution in [3.05, 3.63) is 23.3 Å². The molecule has 4 atom stereocenters. The molecule has 0 saturated heterocycles. The van der Waals surface area contributed by atoms with Gasteiger partial charge in [-0.2, -0.15) is 13.6 Å². The van der Waals surface area contributed by atoms with Gasteiger partial charge >= 0.3 is 10.3 Å². The molecule has 0 bridgehead atoms. The fourth-order valence-electron chi connectivity index (χ4n) is 5.92. The van der Waals surface area contributed by atoms with Crippen LogP contribution in [0.5, 0.6) is 5.75 Å². The number of nitrogens with two attached hydrogens (primary N) is 1. The maximum atomic E-state index is 11.4. The minimum absolute atomic E-state index is 0.383. The third-order valence-electron chi connectivity index (χ3n) is 7.00. The van der Waals surface area contributed by atoms with Crippen molar-refractivity contribution in [2.45, 2.75) is 62.7 Å². The van der Waals surface area contributed by atoms with E-state index in [2.05, 4.69) is 13.0 Å². The van der Waals surface area contributed by atoms with Gasteiger partial charge in [0.25, 0.3) is 0 Å². The first kappa shape index (κ1) is 17.7. The van der Waals surface area contributed by atoms with Gasteiger partial charge in [-0.1, -0.05) is 13.3 Å². The first-order chi connectivity index (χ1) is 11.8. The second-order valence-corrected chi connectivity index (χ2v) is 10.3. The Morgan fingerprint density at radius 2 is 2.04 bits per heavy atom. The predicted molar refractivity (Wildman–Crippen MR) is 101 cm³/mol. The van der Waals surface area contributed by atoms with Crippen LogP contribution >= 0.6 is 11.8 Å². The fraction of sp³-hybridized carbons (Fsp3) is 0.684. The Labute approximate surface area is 155 Å². The number of hydrogen-bond donors (Lipinski definition) is 1. The largest absolute Gasteiger partial charge is 0.380 e. The van der Waals surface area contributed by atoms with E-state index >= 15 is 0 Å². The summed E-state index contributed by atoms with van der Waals surface area (Å²) in [7, 11) is -3.99. The summed E-state index contributed by atoms with van der Waals surface area (Å²) < 4.78 is 27.8. The van der Waals surface area contributed by atoms with Crippen molar-refractivity contribution < 1.29 is 12.6 Å². The van der Waals surface area contributed by atoms with E-state index in [1.54, 1.807) is 0 Å². The van der Waals surface area contributed by atoms with Crippen LogP contribution in [0.1, 0.15) is 62.5 Å². The van der Waals surface area contributed by atoms with E-state index in [0.29, 0.717) is 17.1 Å². The van der Waals surface area contributed by atoms with Crippen molar-refractivity contribution in [1.29, 1.82) is 0 Å². The minimum Gasteiger partial charge on any atom is -0.370 e. The molecule has 0 spiro atoms. The average molecular weight is 382 g/mol. The molecule has 4 nitrogen and oxygen atoms in total. The maximum absolute atomic E-state index is 11.4. The highest BCUT2D eigenvalue weighted by Gasteiger charge is 2.50. The van der Waals surface area contributed by atoms with Gasteiger partial charge in [-0.3, -0.25) is 0 Å². The third-order valence-corrected chi connectivity index (χ3v) is 8.17. The number of thioether (sulfide) groups is 1. The lowest BCUT2D eigenvalue weighted by Gasteiger charge is -2.49. The van der Waals surface area contributed by atoms with Crippen LogP contribution < -0.4 is 9.32 Å². The SMILES string of the molecule is CSc1cc2c(cc1OS(N)(=O)=O)CCC1C2CC[C@]2(C)CCCC12. The summed E-state index contributed by atoms with van der Waals surface area (Å²) in [4.78, 5) is 0.869. The van der Waals surface area contributed by atoms with Gasteiger partial charge < -0.3 is 4.18 Å². The van der Waals surface area contributed by atoms with E-state index in [-0.39, 0.29) is 0 Å². The first-order valence-corrected chi connectivity index (χ1v) is 11.9. The van der Waals surface area contributed by atoms with Crippen LogP contribution in [0.15, 0.2) is 17.0 Å². The van der Waals surface area contributed by atoms with E-state index in [1.807, 2.05) is 12.3 Å². The fourth-order valence-corrected chi connectivity index (χ4v) is 6.91. The smallest absolute Gasteiger partial charge is 0.370 e. The summed E-state index contributed by atoms with van der Waals surface area (Å²) in [6, 6.07) is 4.10. The monoisotopic (exact) mass is 381 g/mol. The van der Waals surface area contributed by atoms with Gasteiger partial charge in [0.2, 0.25) is 0 Å². The molecule has 2 saturated carbocycles. The van der Waals surface area contributed by atoms with Crippen molar-refractivity contribution in [3.63, 3.8) is 0 Å². The molecule has 0 radical (unpaired) electrons. The second kappa shape index (κ2) is 6.17. The molecule has 3 aliphatic rings. The third kappa shape index (κ3) is 3.10. The van der Waals surface area contributed by atoms with Gasteiger partial charge in [0.1, 0.15) is 0 Å². The molecule has 3 aliphatic carbocycles. The highest BCUT2D eigenvalue weighted by molar-refractivity contribution is 7.98. The van der Waals surface area contributed by atoms with Gasteiger partial charge in [-0.15, -0.1) is 11.8 Å². The molecule has 25 heavy (non-hydrogen) atoms. The van der Waals surface area contributed by atoms with E-state index in [9.17, 15) is 8.42 Å². The topological polar surface area (TPSA) is 69.4 Å². The number of aryl methyl sites for hydroxylation is 1. The van der Waals surface area contributed by atoms with Crippen LogP contribution in [0.4, 0.5) is 0 Å². The van der Waals surface area contributed by atoms with Gasteiger partial charge in [0.05, 0.1) is 4.90 Å². The van der Waals surface area contributed by atoms with Gasteiger partial charge in [-0.05, 0) is 91.2 Å². The van der Waals surface area contributed by atoms with Crippen molar-refractivity contribution in [3.8, 4) is 5.75 Å². The Morgan fingerprint density at radius 1 is 1.24 bits per heavy atom. The van der Waals surface area contributed by atoms with Crippen LogP contribution in [0.25, 0.3) is 0 Å². The number of benzene rings is 1. The molecule has 0 heterocycles. The van der Waals surface area contributed by atoms with Gasteiger partial charge in [0, 0.05) is 0 Å². The quantitative estimate of drug-likeness (QED) is 0.795. The van der Waals surface area contributed by atoms with Crippen molar-refractivity contribution in [1.82, 2.24) is 0 Å². The molecule has 0 amide bonds. The van der Waals surface area contributed by atoms with Gasteiger partial charge in [0.15, 0.2) is 5.75 Å². The molecule has 0 aromatic heterocycles. The lowest BCUT2D eigenvalue weighted by Crippen LogP contribution is -2.39. The van der Waals surface area contributed by atoms with E-state index in [0.717, 1.165) is 23.2 Å². The molecular weight excluding hydrogens is 354 g/mol. The Bertz CT molecular complexity index is 792. The lowest BCUT2D eigenvalue weighted by atomic mass is 9.56. The Kier molecular flexibility index (Phi) is 4.36. The number of rotatable bonds is 3. The Hall–Kier alpha value is -0.720. The Balaban J connectivity index is 1.71. The summed E-state index contributed by atoms with van der Waals surface area (Å²) in [6.45, 7) is 2.51. The van der Waals surface area contributed by atoms with E-state index in [1.165, 1.54) is 61.4 Å².